The summed E-state index contributed by atoms with van der Waals surface area (Å²) in [6.45, 7) is 3.90. The molecule has 0 saturated carbocycles. The molecule has 4 nitrogen and oxygen atoms in total. The molecule has 0 radical (unpaired) electrons. The lowest BCUT2D eigenvalue weighted by Gasteiger charge is -2.19. The Morgan fingerprint density at radius 1 is 1.33 bits per heavy atom. The molecule has 0 saturated heterocycles. The van der Waals surface area contributed by atoms with Crippen LogP contribution in [0, 0.1) is 0 Å². The summed E-state index contributed by atoms with van der Waals surface area (Å²) in [5, 5.41) is 9.21. The zero-order valence-corrected chi connectivity index (χ0v) is 11.1. The van der Waals surface area contributed by atoms with Crippen LogP contribution in [-0.4, -0.2) is 34.9 Å². The van der Waals surface area contributed by atoms with E-state index in [9.17, 15) is 5.11 Å². The van der Waals surface area contributed by atoms with Crippen LogP contribution < -0.4 is 4.90 Å². The number of aliphatic hydroxyl groups is 1. The standard InChI is InChI=1S/C14H21N3O/c1-3-4-9-16(2)14-15-12-7-5-6-8-13(12)17(14)10-11-18/h5-8,18H,3-4,9-11H2,1-2H3. The molecule has 1 aromatic heterocycles. The van der Waals surface area contributed by atoms with E-state index in [4.69, 9.17) is 0 Å². The second kappa shape index (κ2) is 5.87. The topological polar surface area (TPSA) is 41.3 Å². The third kappa shape index (κ3) is 2.48. The molecule has 2 aromatic rings. The summed E-state index contributed by atoms with van der Waals surface area (Å²) in [6, 6.07) is 8.07. The largest absolute Gasteiger partial charge is 0.395 e. The van der Waals surface area contributed by atoms with Gasteiger partial charge in [-0.2, -0.15) is 0 Å². The Morgan fingerprint density at radius 2 is 2.11 bits per heavy atom. The van der Waals surface area contributed by atoms with Crippen LogP contribution in [0.15, 0.2) is 24.3 Å². The van der Waals surface area contributed by atoms with E-state index in [0.29, 0.717) is 6.54 Å². The zero-order chi connectivity index (χ0) is 13.0. The number of anilines is 1. The molecule has 1 aromatic carbocycles. The number of fused-ring (bicyclic) bond motifs is 1. The predicted octanol–water partition coefficient (Wildman–Crippen LogP) is 2.26. The van der Waals surface area contributed by atoms with Crippen LogP contribution in [0.1, 0.15) is 19.8 Å². The van der Waals surface area contributed by atoms with E-state index in [1.807, 2.05) is 18.2 Å². The van der Waals surface area contributed by atoms with E-state index in [-0.39, 0.29) is 6.61 Å². The van der Waals surface area contributed by atoms with Crippen molar-refractivity contribution in [2.75, 3.05) is 25.1 Å². The normalized spacial score (nSPS) is 11.1. The van der Waals surface area contributed by atoms with Crippen molar-refractivity contribution in [3.63, 3.8) is 0 Å². The highest BCUT2D eigenvalue weighted by Gasteiger charge is 2.13. The van der Waals surface area contributed by atoms with Crippen molar-refractivity contribution in [3.05, 3.63) is 24.3 Å². The van der Waals surface area contributed by atoms with Gasteiger partial charge in [0, 0.05) is 20.1 Å². The predicted molar refractivity (Wildman–Crippen MR) is 75.0 cm³/mol. The fraction of sp³-hybridized carbons (Fsp3) is 0.500. The first-order valence-corrected chi connectivity index (χ1v) is 6.55. The summed E-state index contributed by atoms with van der Waals surface area (Å²) in [5.74, 6) is 0.943. The zero-order valence-electron chi connectivity index (χ0n) is 11.1. The van der Waals surface area contributed by atoms with Gasteiger partial charge in [0.25, 0.3) is 0 Å². The Morgan fingerprint density at radius 3 is 2.83 bits per heavy atom. The number of imidazole rings is 1. The molecule has 0 aliphatic rings. The van der Waals surface area contributed by atoms with Crippen molar-refractivity contribution in [1.82, 2.24) is 9.55 Å². The van der Waals surface area contributed by atoms with Crippen LogP contribution in [0.5, 0.6) is 0 Å². The fourth-order valence-corrected chi connectivity index (χ4v) is 2.17. The Balaban J connectivity index is 2.38. The van der Waals surface area contributed by atoms with Crippen molar-refractivity contribution in [2.24, 2.45) is 0 Å². The average molecular weight is 247 g/mol. The van der Waals surface area contributed by atoms with Gasteiger partial charge in [0.2, 0.25) is 5.95 Å². The van der Waals surface area contributed by atoms with Gasteiger partial charge < -0.3 is 14.6 Å². The third-order valence-corrected chi connectivity index (χ3v) is 3.15. The minimum Gasteiger partial charge on any atom is -0.395 e. The molecule has 0 amide bonds. The first kappa shape index (κ1) is 12.9. The van der Waals surface area contributed by atoms with E-state index >= 15 is 0 Å². The van der Waals surface area contributed by atoms with Gasteiger partial charge in [-0.1, -0.05) is 25.5 Å². The number of aliphatic hydroxyl groups excluding tert-OH is 1. The number of aromatic nitrogens is 2. The van der Waals surface area contributed by atoms with Gasteiger partial charge in [-0.3, -0.25) is 0 Å². The van der Waals surface area contributed by atoms with Crippen molar-refractivity contribution >= 4 is 17.0 Å². The molecule has 0 fully saturated rings. The van der Waals surface area contributed by atoms with Gasteiger partial charge in [0.1, 0.15) is 0 Å². The second-order valence-electron chi connectivity index (χ2n) is 4.55. The number of hydrogen-bond acceptors (Lipinski definition) is 3. The second-order valence-corrected chi connectivity index (χ2v) is 4.55. The molecule has 0 bridgehead atoms. The summed E-state index contributed by atoms with van der Waals surface area (Å²) in [7, 11) is 2.06. The highest BCUT2D eigenvalue weighted by molar-refractivity contribution is 5.78. The van der Waals surface area contributed by atoms with Crippen molar-refractivity contribution < 1.29 is 5.11 Å². The summed E-state index contributed by atoms with van der Waals surface area (Å²) in [4.78, 5) is 6.83. The van der Waals surface area contributed by atoms with Crippen LogP contribution in [0.2, 0.25) is 0 Å². The number of hydrogen-bond donors (Lipinski definition) is 1. The van der Waals surface area contributed by atoms with E-state index in [2.05, 4.69) is 34.5 Å². The summed E-state index contributed by atoms with van der Waals surface area (Å²) >= 11 is 0. The van der Waals surface area contributed by atoms with E-state index in [1.54, 1.807) is 0 Å². The Hall–Kier alpha value is -1.55. The molecule has 18 heavy (non-hydrogen) atoms. The molecule has 98 valence electrons. The molecular formula is C14H21N3O. The number of nitrogens with zero attached hydrogens (tertiary/aromatic N) is 3. The average Bonchev–Trinajstić information content (AvgIpc) is 2.76. The van der Waals surface area contributed by atoms with Gasteiger partial charge in [-0.25, -0.2) is 4.98 Å². The minimum absolute atomic E-state index is 0.134. The summed E-state index contributed by atoms with van der Waals surface area (Å²) < 4.78 is 2.09. The van der Waals surface area contributed by atoms with Crippen LogP contribution in [0.4, 0.5) is 5.95 Å². The molecule has 1 N–H and O–H groups in total. The number of rotatable bonds is 6. The van der Waals surface area contributed by atoms with E-state index in [1.165, 1.54) is 6.42 Å². The SMILES string of the molecule is CCCCN(C)c1nc2ccccc2n1CCO. The molecular weight excluding hydrogens is 226 g/mol. The van der Waals surface area contributed by atoms with E-state index < -0.39 is 0 Å². The highest BCUT2D eigenvalue weighted by atomic mass is 16.3. The number of para-hydroxylation sites is 2. The third-order valence-electron chi connectivity index (χ3n) is 3.15. The number of unbranched alkanes of at least 4 members (excludes halogenated alkanes) is 1. The quantitative estimate of drug-likeness (QED) is 0.851. The van der Waals surface area contributed by atoms with Crippen LogP contribution in [0.25, 0.3) is 11.0 Å². The van der Waals surface area contributed by atoms with Gasteiger partial charge in [-0.05, 0) is 18.6 Å². The van der Waals surface area contributed by atoms with Crippen molar-refractivity contribution in [3.8, 4) is 0 Å². The molecule has 0 unspecified atom stereocenters. The molecule has 0 aliphatic heterocycles. The monoisotopic (exact) mass is 247 g/mol. The molecule has 0 atom stereocenters. The smallest absolute Gasteiger partial charge is 0.206 e. The Labute approximate surface area is 108 Å². The minimum atomic E-state index is 0.134. The maximum atomic E-state index is 9.21. The number of benzene rings is 1. The van der Waals surface area contributed by atoms with Crippen molar-refractivity contribution in [1.29, 1.82) is 0 Å². The van der Waals surface area contributed by atoms with Gasteiger partial charge in [-0.15, -0.1) is 0 Å². The first-order valence-electron chi connectivity index (χ1n) is 6.55. The van der Waals surface area contributed by atoms with Gasteiger partial charge in [0.05, 0.1) is 17.6 Å². The maximum Gasteiger partial charge on any atom is 0.206 e. The van der Waals surface area contributed by atoms with Crippen LogP contribution in [0.3, 0.4) is 0 Å². The van der Waals surface area contributed by atoms with Gasteiger partial charge in [0.15, 0.2) is 0 Å². The van der Waals surface area contributed by atoms with E-state index in [0.717, 1.165) is 29.9 Å². The first-order chi connectivity index (χ1) is 8.77. The molecule has 0 aliphatic carbocycles. The lowest BCUT2D eigenvalue weighted by molar-refractivity contribution is 0.278. The fourth-order valence-electron chi connectivity index (χ4n) is 2.17. The molecule has 0 spiro atoms. The lowest BCUT2D eigenvalue weighted by Crippen LogP contribution is -2.23. The lowest BCUT2D eigenvalue weighted by atomic mass is 10.3. The highest BCUT2D eigenvalue weighted by Crippen LogP contribution is 2.21. The van der Waals surface area contributed by atoms with Crippen LogP contribution in [-0.2, 0) is 6.54 Å². The van der Waals surface area contributed by atoms with Crippen molar-refractivity contribution in [2.45, 2.75) is 26.3 Å². The van der Waals surface area contributed by atoms with Gasteiger partial charge >= 0.3 is 0 Å². The summed E-state index contributed by atoms with van der Waals surface area (Å²) in [6.07, 6.45) is 2.32. The molecule has 2 rings (SSSR count). The molecule has 4 heteroatoms. The maximum absolute atomic E-state index is 9.21. The Kier molecular flexibility index (Phi) is 4.20. The summed E-state index contributed by atoms with van der Waals surface area (Å²) in [5.41, 5.74) is 2.08. The Bertz CT molecular complexity index is 507. The van der Waals surface area contributed by atoms with Crippen LogP contribution >= 0.6 is 0 Å². The molecule has 1 heterocycles.